The van der Waals surface area contributed by atoms with Crippen molar-refractivity contribution < 1.29 is 28.2 Å². The van der Waals surface area contributed by atoms with E-state index in [1.165, 1.54) is 24.3 Å². The van der Waals surface area contributed by atoms with Crippen molar-refractivity contribution in [2.24, 2.45) is 0 Å². The molecule has 0 radical (unpaired) electrons. The first kappa shape index (κ1) is 29.8. The second kappa shape index (κ2) is 12.7. The van der Waals surface area contributed by atoms with E-state index in [0.29, 0.717) is 39.1 Å². The minimum atomic E-state index is -2.04. The molecule has 0 atom stereocenters. The second-order valence-electron chi connectivity index (χ2n) is 9.54. The summed E-state index contributed by atoms with van der Waals surface area (Å²) >= 11 is 12.6. The Morgan fingerprint density at radius 3 is 1.63 bits per heavy atom. The zero-order valence-electron chi connectivity index (χ0n) is 22.6. The molecular formula is C35H24Cl2F2O4. The van der Waals surface area contributed by atoms with E-state index in [1.807, 2.05) is 0 Å². The molecule has 216 valence electrons. The van der Waals surface area contributed by atoms with Crippen LogP contribution in [0.15, 0.2) is 122 Å². The quantitative estimate of drug-likeness (QED) is 0.159. The van der Waals surface area contributed by atoms with Crippen molar-refractivity contribution >= 4 is 29.2 Å². The predicted molar refractivity (Wildman–Crippen MR) is 165 cm³/mol. The van der Waals surface area contributed by atoms with Gasteiger partial charge in [-0.2, -0.15) is 0 Å². The Bertz CT molecular complexity index is 1690. The number of carboxylic acids is 1. The molecule has 43 heavy (non-hydrogen) atoms. The lowest BCUT2D eigenvalue weighted by molar-refractivity contribution is -0.152. The largest absolute Gasteiger partial charge is 0.486 e. The van der Waals surface area contributed by atoms with Gasteiger partial charge in [-0.3, -0.25) is 0 Å². The average Bonchev–Trinajstić information content (AvgIpc) is 2.99. The third kappa shape index (κ3) is 6.12. The third-order valence-electron chi connectivity index (χ3n) is 6.84. The maximum absolute atomic E-state index is 13.6. The fourth-order valence-corrected chi connectivity index (χ4v) is 5.31. The molecule has 5 rings (SSSR count). The lowest BCUT2D eigenvalue weighted by atomic mass is 9.84. The maximum Gasteiger partial charge on any atom is 0.357 e. The van der Waals surface area contributed by atoms with Gasteiger partial charge >= 0.3 is 5.97 Å². The van der Waals surface area contributed by atoms with E-state index in [1.54, 1.807) is 91.0 Å². The minimum absolute atomic E-state index is 0.181. The van der Waals surface area contributed by atoms with Crippen LogP contribution in [0.5, 0.6) is 11.5 Å². The average molecular weight is 617 g/mol. The van der Waals surface area contributed by atoms with Crippen molar-refractivity contribution in [1.82, 2.24) is 0 Å². The van der Waals surface area contributed by atoms with Crippen molar-refractivity contribution in [2.75, 3.05) is 6.61 Å². The minimum Gasteiger partial charge on any atom is -0.486 e. The van der Waals surface area contributed by atoms with Gasteiger partial charge in [0.15, 0.2) is 11.5 Å². The summed E-state index contributed by atoms with van der Waals surface area (Å²) in [5, 5.41) is 11.3. The van der Waals surface area contributed by atoms with Gasteiger partial charge in [-0.05, 0) is 59.7 Å². The summed E-state index contributed by atoms with van der Waals surface area (Å²) in [6.45, 7) is 3.85. The molecule has 0 heterocycles. The zero-order valence-corrected chi connectivity index (χ0v) is 24.1. The molecule has 0 aliphatic heterocycles. The van der Waals surface area contributed by atoms with Gasteiger partial charge in [0.2, 0.25) is 0 Å². The molecule has 0 aliphatic carbocycles. The molecule has 0 saturated carbocycles. The van der Waals surface area contributed by atoms with Crippen LogP contribution >= 0.6 is 23.2 Å². The fraction of sp³-hybridized carbons (Fsp3) is 0.0571. The Labute approximate surface area is 257 Å². The van der Waals surface area contributed by atoms with Crippen LogP contribution in [0.3, 0.4) is 0 Å². The molecule has 0 spiro atoms. The predicted octanol–water partition coefficient (Wildman–Crippen LogP) is 9.58. The standard InChI is InChI=1S/C35H24Cl2F2O4/c1-2-19-42-32-5-3-4-6-33(32)43-35(34(40)41,24-11-7-22(8-12-24)28-17-15-26(38)20-30(28)36)25-13-9-23(10-14-25)29-18-16-27(39)21-31(29)37/h2-18,20-21H,1,19H2,(H,40,41). The Balaban J connectivity index is 1.65. The SMILES string of the molecule is C=CCOc1ccccc1OC(C(=O)O)(c1ccc(-c2ccc(F)cc2Cl)cc1)c1ccc(-c2ccc(F)cc2Cl)cc1. The van der Waals surface area contributed by atoms with E-state index in [4.69, 9.17) is 32.7 Å². The van der Waals surface area contributed by atoms with Gasteiger partial charge in [0.05, 0.1) is 10.0 Å². The monoisotopic (exact) mass is 616 g/mol. The van der Waals surface area contributed by atoms with E-state index in [-0.39, 0.29) is 22.4 Å². The Kier molecular flexibility index (Phi) is 8.81. The Hall–Kier alpha value is -4.65. The summed E-state index contributed by atoms with van der Waals surface area (Å²) < 4.78 is 39.5. The molecule has 0 fully saturated rings. The fourth-order valence-electron chi connectivity index (χ4n) is 4.76. The van der Waals surface area contributed by atoms with Crippen molar-refractivity contribution in [2.45, 2.75) is 5.60 Å². The zero-order chi connectivity index (χ0) is 30.6. The van der Waals surface area contributed by atoms with E-state index < -0.39 is 23.2 Å². The summed E-state index contributed by atoms with van der Waals surface area (Å²) in [7, 11) is 0. The summed E-state index contributed by atoms with van der Waals surface area (Å²) in [4.78, 5) is 13.3. The molecule has 0 aliphatic rings. The van der Waals surface area contributed by atoms with Crippen LogP contribution in [0, 0.1) is 11.6 Å². The maximum atomic E-state index is 13.6. The molecule has 0 amide bonds. The van der Waals surface area contributed by atoms with Gasteiger partial charge in [0, 0.05) is 22.3 Å². The molecular weight excluding hydrogens is 593 g/mol. The smallest absolute Gasteiger partial charge is 0.357 e. The van der Waals surface area contributed by atoms with E-state index in [2.05, 4.69) is 6.58 Å². The number of halogens is 4. The van der Waals surface area contributed by atoms with Gasteiger partial charge < -0.3 is 14.6 Å². The van der Waals surface area contributed by atoms with Crippen LogP contribution in [0.25, 0.3) is 22.3 Å². The molecule has 0 bridgehead atoms. The van der Waals surface area contributed by atoms with Gasteiger partial charge in [-0.25, -0.2) is 13.6 Å². The molecule has 5 aromatic rings. The number of ether oxygens (including phenoxy) is 2. The van der Waals surface area contributed by atoms with Gasteiger partial charge in [-0.15, -0.1) is 0 Å². The lowest BCUT2D eigenvalue weighted by Gasteiger charge is -2.32. The Morgan fingerprint density at radius 2 is 1.21 bits per heavy atom. The number of hydrogen-bond donors (Lipinski definition) is 1. The van der Waals surface area contributed by atoms with Crippen LogP contribution in [0.1, 0.15) is 11.1 Å². The molecule has 0 aromatic heterocycles. The normalized spacial score (nSPS) is 11.2. The van der Waals surface area contributed by atoms with Crippen LogP contribution in [0.2, 0.25) is 10.0 Å². The topological polar surface area (TPSA) is 55.8 Å². The van der Waals surface area contributed by atoms with Crippen LogP contribution < -0.4 is 9.47 Å². The number of carboxylic acid groups (broad SMARTS) is 1. The van der Waals surface area contributed by atoms with Crippen LogP contribution in [-0.4, -0.2) is 17.7 Å². The third-order valence-corrected chi connectivity index (χ3v) is 7.46. The first-order chi connectivity index (χ1) is 20.7. The highest BCUT2D eigenvalue weighted by molar-refractivity contribution is 6.33. The van der Waals surface area contributed by atoms with Crippen LogP contribution in [0.4, 0.5) is 8.78 Å². The van der Waals surface area contributed by atoms with E-state index >= 15 is 0 Å². The summed E-state index contributed by atoms with van der Waals surface area (Å²) in [6.07, 6.45) is 1.57. The molecule has 5 aromatic carbocycles. The highest BCUT2D eigenvalue weighted by Crippen LogP contribution is 2.41. The highest BCUT2D eigenvalue weighted by Gasteiger charge is 2.46. The molecule has 1 N–H and O–H groups in total. The van der Waals surface area contributed by atoms with Crippen molar-refractivity contribution in [3.8, 4) is 33.8 Å². The number of benzene rings is 5. The Morgan fingerprint density at radius 1 is 0.744 bits per heavy atom. The van der Waals surface area contributed by atoms with Crippen molar-refractivity contribution in [1.29, 1.82) is 0 Å². The van der Waals surface area contributed by atoms with Crippen molar-refractivity contribution in [3.05, 3.63) is 155 Å². The lowest BCUT2D eigenvalue weighted by Crippen LogP contribution is -2.43. The first-order valence-corrected chi connectivity index (χ1v) is 13.9. The van der Waals surface area contributed by atoms with E-state index in [9.17, 15) is 18.7 Å². The molecule has 0 saturated heterocycles. The summed E-state index contributed by atoms with van der Waals surface area (Å²) in [5.74, 6) is -1.69. The van der Waals surface area contributed by atoms with Gasteiger partial charge in [-0.1, -0.05) is 96.5 Å². The number of carbonyl (C=O) groups is 1. The number of para-hydroxylation sites is 2. The van der Waals surface area contributed by atoms with E-state index in [0.717, 1.165) is 0 Å². The number of aliphatic carboxylic acids is 1. The van der Waals surface area contributed by atoms with Crippen LogP contribution in [-0.2, 0) is 10.4 Å². The highest BCUT2D eigenvalue weighted by atomic mass is 35.5. The first-order valence-electron chi connectivity index (χ1n) is 13.1. The summed E-state index contributed by atoms with van der Waals surface area (Å²) in [6, 6.07) is 28.2. The molecule has 4 nitrogen and oxygen atoms in total. The summed E-state index contributed by atoms with van der Waals surface area (Å²) in [5.41, 5.74) is 1.04. The number of hydrogen-bond acceptors (Lipinski definition) is 3. The molecule has 8 heteroatoms. The number of rotatable bonds is 10. The molecule has 0 unspecified atom stereocenters. The van der Waals surface area contributed by atoms with Gasteiger partial charge in [0.25, 0.3) is 5.60 Å². The second-order valence-corrected chi connectivity index (χ2v) is 10.4. The van der Waals surface area contributed by atoms with Crippen molar-refractivity contribution in [3.63, 3.8) is 0 Å². The van der Waals surface area contributed by atoms with Gasteiger partial charge in [0.1, 0.15) is 18.2 Å².